The van der Waals surface area contributed by atoms with Gasteiger partial charge < -0.3 is 10.2 Å². The Morgan fingerprint density at radius 3 is 2.89 bits per heavy atom. The maximum absolute atomic E-state index is 12.1. The first-order chi connectivity index (χ1) is 9.15. The Kier molecular flexibility index (Phi) is 5.34. The molecule has 1 aromatic rings. The lowest BCUT2D eigenvalue weighted by molar-refractivity contribution is 0.0925. The molecule has 0 aliphatic carbocycles. The molecule has 1 unspecified atom stereocenters. The van der Waals surface area contributed by atoms with Gasteiger partial charge >= 0.3 is 0 Å². The first kappa shape index (κ1) is 14.5. The van der Waals surface area contributed by atoms with Gasteiger partial charge in [0.25, 0.3) is 5.91 Å². The predicted octanol–water partition coefficient (Wildman–Crippen LogP) is 2.45. The number of likely N-dealkylation sites (tertiary alicyclic amines) is 1. The van der Waals surface area contributed by atoms with Crippen molar-refractivity contribution >= 4 is 21.8 Å². The van der Waals surface area contributed by atoms with Crippen LogP contribution in [0.15, 0.2) is 22.9 Å². The molecule has 1 aliphatic heterocycles. The first-order valence-corrected chi connectivity index (χ1v) is 7.59. The van der Waals surface area contributed by atoms with E-state index in [1.165, 1.54) is 19.3 Å². The molecule has 1 aromatic heterocycles. The van der Waals surface area contributed by atoms with Crippen molar-refractivity contribution in [2.24, 2.45) is 0 Å². The van der Waals surface area contributed by atoms with E-state index in [0.29, 0.717) is 10.2 Å². The van der Waals surface area contributed by atoms with Crippen molar-refractivity contribution in [1.29, 1.82) is 0 Å². The third kappa shape index (κ3) is 4.58. The third-order valence-corrected chi connectivity index (χ3v) is 3.78. The molecule has 0 aromatic carbocycles. The smallest absolute Gasteiger partial charge is 0.251 e. The number of piperidine rings is 1. The molecule has 0 bridgehead atoms. The summed E-state index contributed by atoms with van der Waals surface area (Å²) in [6.07, 6.45) is 5.52. The summed E-state index contributed by atoms with van der Waals surface area (Å²) in [5.41, 5.74) is 0.646. The van der Waals surface area contributed by atoms with Crippen LogP contribution in [0, 0.1) is 0 Å². The molecule has 1 saturated heterocycles. The Labute approximate surface area is 122 Å². The van der Waals surface area contributed by atoms with Gasteiger partial charge in [0.15, 0.2) is 0 Å². The Bertz CT molecular complexity index is 432. The molecule has 1 aliphatic rings. The van der Waals surface area contributed by atoms with Gasteiger partial charge in [0.05, 0.1) is 0 Å². The summed E-state index contributed by atoms with van der Waals surface area (Å²) in [5.74, 6) is -0.0346. The Hall–Kier alpha value is -0.940. The number of hydrogen-bond acceptors (Lipinski definition) is 3. The third-order valence-electron chi connectivity index (χ3n) is 3.35. The van der Waals surface area contributed by atoms with Gasteiger partial charge in [-0.1, -0.05) is 6.42 Å². The van der Waals surface area contributed by atoms with Gasteiger partial charge in [0.1, 0.15) is 4.60 Å². The molecular formula is C14H20BrN3O. The molecule has 1 atom stereocenters. The lowest BCUT2D eigenvalue weighted by Gasteiger charge is -2.29. The quantitative estimate of drug-likeness (QED) is 0.865. The van der Waals surface area contributed by atoms with Gasteiger partial charge in [-0.3, -0.25) is 4.79 Å². The minimum absolute atomic E-state index is 0.0346. The van der Waals surface area contributed by atoms with Crippen LogP contribution in [-0.2, 0) is 0 Å². The van der Waals surface area contributed by atoms with Gasteiger partial charge in [-0.05, 0) is 60.9 Å². The van der Waals surface area contributed by atoms with Crippen molar-refractivity contribution in [1.82, 2.24) is 15.2 Å². The Balaban J connectivity index is 1.84. The molecule has 2 heterocycles. The normalized spacial score (nSPS) is 18.0. The van der Waals surface area contributed by atoms with E-state index in [-0.39, 0.29) is 11.9 Å². The molecule has 19 heavy (non-hydrogen) atoms. The van der Waals surface area contributed by atoms with Gasteiger partial charge in [-0.25, -0.2) is 4.98 Å². The van der Waals surface area contributed by atoms with Crippen LogP contribution >= 0.6 is 15.9 Å². The molecule has 5 heteroatoms. The fourth-order valence-corrected chi connectivity index (χ4v) is 2.79. The van der Waals surface area contributed by atoms with Crippen molar-refractivity contribution in [3.05, 3.63) is 28.5 Å². The molecule has 1 fully saturated rings. The van der Waals surface area contributed by atoms with Gasteiger partial charge in [0.2, 0.25) is 0 Å². The standard InChI is InChI=1S/C14H20BrN3O/c1-11(10-18-7-3-2-4-8-18)17-14(19)12-5-6-16-13(15)9-12/h5-6,9,11H,2-4,7-8,10H2,1H3,(H,17,19). The van der Waals surface area contributed by atoms with E-state index in [0.717, 1.165) is 19.6 Å². The molecule has 4 nitrogen and oxygen atoms in total. The zero-order chi connectivity index (χ0) is 13.7. The Morgan fingerprint density at radius 1 is 1.47 bits per heavy atom. The van der Waals surface area contributed by atoms with Crippen LogP contribution in [-0.4, -0.2) is 41.5 Å². The average Bonchev–Trinajstić information content (AvgIpc) is 2.39. The SMILES string of the molecule is CC(CN1CCCCC1)NC(=O)c1ccnc(Br)c1. The van der Waals surface area contributed by atoms with E-state index in [1.807, 2.05) is 0 Å². The zero-order valence-corrected chi connectivity index (χ0v) is 12.8. The van der Waals surface area contributed by atoms with Crippen molar-refractivity contribution in [3.63, 3.8) is 0 Å². The van der Waals surface area contributed by atoms with Crippen molar-refractivity contribution < 1.29 is 4.79 Å². The number of halogens is 1. The summed E-state index contributed by atoms with van der Waals surface area (Å²) >= 11 is 3.28. The number of pyridine rings is 1. The van der Waals surface area contributed by atoms with Crippen LogP contribution in [0.1, 0.15) is 36.5 Å². The molecule has 0 saturated carbocycles. The van der Waals surface area contributed by atoms with E-state index < -0.39 is 0 Å². The highest BCUT2D eigenvalue weighted by atomic mass is 79.9. The number of hydrogen-bond donors (Lipinski definition) is 1. The topological polar surface area (TPSA) is 45.2 Å². The monoisotopic (exact) mass is 325 g/mol. The molecule has 0 radical (unpaired) electrons. The molecule has 2 rings (SSSR count). The summed E-state index contributed by atoms with van der Waals surface area (Å²) in [6, 6.07) is 3.63. The van der Waals surface area contributed by atoms with Crippen molar-refractivity contribution in [3.8, 4) is 0 Å². The van der Waals surface area contributed by atoms with Gasteiger partial charge in [-0.2, -0.15) is 0 Å². The second-order valence-electron chi connectivity index (χ2n) is 5.10. The Morgan fingerprint density at radius 2 is 2.21 bits per heavy atom. The van der Waals surface area contributed by atoms with Crippen LogP contribution in [0.3, 0.4) is 0 Å². The minimum Gasteiger partial charge on any atom is -0.348 e. The number of carbonyl (C=O) groups is 1. The highest BCUT2D eigenvalue weighted by molar-refractivity contribution is 9.10. The first-order valence-electron chi connectivity index (χ1n) is 6.80. The highest BCUT2D eigenvalue weighted by Gasteiger charge is 2.15. The van der Waals surface area contributed by atoms with E-state index in [4.69, 9.17) is 0 Å². The number of carbonyl (C=O) groups excluding carboxylic acids is 1. The average molecular weight is 326 g/mol. The second kappa shape index (κ2) is 7.01. The largest absolute Gasteiger partial charge is 0.348 e. The summed E-state index contributed by atoms with van der Waals surface area (Å²) < 4.78 is 0.684. The molecular weight excluding hydrogens is 306 g/mol. The summed E-state index contributed by atoms with van der Waals surface area (Å²) in [6.45, 7) is 5.29. The maximum Gasteiger partial charge on any atom is 0.251 e. The van der Waals surface area contributed by atoms with Crippen LogP contribution in [0.5, 0.6) is 0 Å². The van der Waals surface area contributed by atoms with Gasteiger partial charge in [-0.15, -0.1) is 0 Å². The van der Waals surface area contributed by atoms with E-state index >= 15 is 0 Å². The van der Waals surface area contributed by atoms with E-state index in [9.17, 15) is 4.79 Å². The molecule has 0 spiro atoms. The fourth-order valence-electron chi connectivity index (χ4n) is 2.43. The minimum atomic E-state index is -0.0346. The lowest BCUT2D eigenvalue weighted by atomic mass is 10.1. The summed E-state index contributed by atoms with van der Waals surface area (Å²) in [4.78, 5) is 18.5. The van der Waals surface area contributed by atoms with Crippen LogP contribution in [0.25, 0.3) is 0 Å². The van der Waals surface area contributed by atoms with Crippen LogP contribution in [0.4, 0.5) is 0 Å². The number of rotatable bonds is 4. The maximum atomic E-state index is 12.1. The highest BCUT2D eigenvalue weighted by Crippen LogP contribution is 2.10. The number of nitrogens with zero attached hydrogens (tertiary/aromatic N) is 2. The van der Waals surface area contributed by atoms with E-state index in [2.05, 4.69) is 38.1 Å². The molecule has 1 N–H and O–H groups in total. The van der Waals surface area contributed by atoms with Crippen molar-refractivity contribution in [2.75, 3.05) is 19.6 Å². The zero-order valence-electron chi connectivity index (χ0n) is 11.2. The number of nitrogens with one attached hydrogen (secondary N) is 1. The fraction of sp³-hybridized carbons (Fsp3) is 0.571. The van der Waals surface area contributed by atoms with Gasteiger partial charge in [0, 0.05) is 24.3 Å². The molecule has 104 valence electrons. The summed E-state index contributed by atoms with van der Waals surface area (Å²) in [5, 5.41) is 3.04. The number of aromatic nitrogens is 1. The number of amides is 1. The summed E-state index contributed by atoms with van der Waals surface area (Å²) in [7, 11) is 0. The van der Waals surface area contributed by atoms with E-state index in [1.54, 1.807) is 18.3 Å². The lowest BCUT2D eigenvalue weighted by Crippen LogP contribution is -2.43. The molecule has 1 amide bonds. The predicted molar refractivity (Wildman–Crippen MR) is 79.2 cm³/mol. The van der Waals surface area contributed by atoms with Crippen LogP contribution < -0.4 is 5.32 Å². The second-order valence-corrected chi connectivity index (χ2v) is 5.92. The van der Waals surface area contributed by atoms with Crippen molar-refractivity contribution in [2.45, 2.75) is 32.2 Å². The van der Waals surface area contributed by atoms with Crippen LogP contribution in [0.2, 0.25) is 0 Å².